The molecular weight excluding hydrogens is 433 g/mol. The number of benzene rings is 1. The SMILES string of the molecule is CCCNC(c1ccc(I)cc1)c1cc(Br)sc1C. The molecule has 0 fully saturated rings. The van der Waals surface area contributed by atoms with Crippen LogP contribution in [0.5, 0.6) is 0 Å². The van der Waals surface area contributed by atoms with E-state index in [-0.39, 0.29) is 0 Å². The quantitative estimate of drug-likeness (QED) is 0.593. The molecule has 1 heterocycles. The summed E-state index contributed by atoms with van der Waals surface area (Å²) in [5.74, 6) is 0. The van der Waals surface area contributed by atoms with Crippen LogP contribution >= 0.6 is 49.9 Å². The fraction of sp³-hybridized carbons (Fsp3) is 0.333. The van der Waals surface area contributed by atoms with E-state index in [4.69, 9.17) is 0 Å². The number of hydrogen-bond donors (Lipinski definition) is 1. The van der Waals surface area contributed by atoms with Gasteiger partial charge in [-0.15, -0.1) is 11.3 Å². The molecule has 1 N–H and O–H groups in total. The van der Waals surface area contributed by atoms with E-state index < -0.39 is 0 Å². The van der Waals surface area contributed by atoms with Crippen LogP contribution in [0, 0.1) is 10.5 Å². The predicted octanol–water partition coefficient (Wildman–Crippen LogP) is 5.51. The summed E-state index contributed by atoms with van der Waals surface area (Å²) in [5.41, 5.74) is 2.72. The van der Waals surface area contributed by atoms with Gasteiger partial charge in [-0.3, -0.25) is 0 Å². The summed E-state index contributed by atoms with van der Waals surface area (Å²) in [4.78, 5) is 1.37. The highest BCUT2D eigenvalue weighted by molar-refractivity contribution is 14.1. The third kappa shape index (κ3) is 4.03. The molecule has 1 aromatic carbocycles. The molecule has 0 bridgehead atoms. The zero-order chi connectivity index (χ0) is 13.8. The normalized spacial score (nSPS) is 12.6. The standard InChI is InChI=1S/C15H17BrINS/c1-3-8-18-15(11-4-6-12(17)7-5-11)13-9-14(16)19-10(13)2/h4-7,9,15,18H,3,8H2,1-2H3. The van der Waals surface area contributed by atoms with Gasteiger partial charge in [0.25, 0.3) is 0 Å². The number of thiophene rings is 1. The van der Waals surface area contributed by atoms with Crippen LogP contribution in [0.1, 0.15) is 35.4 Å². The summed E-state index contributed by atoms with van der Waals surface area (Å²) in [6.45, 7) is 5.43. The maximum atomic E-state index is 3.66. The van der Waals surface area contributed by atoms with Crippen molar-refractivity contribution >= 4 is 49.9 Å². The van der Waals surface area contributed by atoms with E-state index in [2.05, 4.69) is 88.0 Å². The van der Waals surface area contributed by atoms with Crippen LogP contribution < -0.4 is 5.32 Å². The van der Waals surface area contributed by atoms with Crippen molar-refractivity contribution in [2.45, 2.75) is 26.3 Å². The lowest BCUT2D eigenvalue weighted by atomic mass is 9.99. The van der Waals surface area contributed by atoms with Crippen molar-refractivity contribution in [2.75, 3.05) is 6.54 Å². The summed E-state index contributed by atoms with van der Waals surface area (Å²) in [7, 11) is 0. The van der Waals surface area contributed by atoms with Gasteiger partial charge < -0.3 is 5.32 Å². The van der Waals surface area contributed by atoms with Gasteiger partial charge in [0.1, 0.15) is 0 Å². The van der Waals surface area contributed by atoms with Crippen molar-refractivity contribution in [2.24, 2.45) is 0 Å². The third-order valence-electron chi connectivity index (χ3n) is 3.04. The van der Waals surface area contributed by atoms with E-state index in [0.717, 1.165) is 13.0 Å². The molecule has 1 nitrogen and oxygen atoms in total. The van der Waals surface area contributed by atoms with Crippen LogP contribution in [-0.4, -0.2) is 6.54 Å². The maximum Gasteiger partial charge on any atom is 0.0704 e. The monoisotopic (exact) mass is 449 g/mol. The maximum absolute atomic E-state index is 3.66. The minimum Gasteiger partial charge on any atom is -0.306 e. The zero-order valence-corrected chi connectivity index (χ0v) is 15.6. The van der Waals surface area contributed by atoms with E-state index in [1.165, 1.54) is 23.4 Å². The van der Waals surface area contributed by atoms with Crippen molar-refractivity contribution in [1.82, 2.24) is 5.32 Å². The third-order valence-corrected chi connectivity index (χ3v) is 5.33. The second-order valence-corrected chi connectivity index (χ2v) is 8.38. The molecule has 0 aliphatic carbocycles. The van der Waals surface area contributed by atoms with Gasteiger partial charge in [-0.05, 0) is 87.7 Å². The molecule has 0 saturated heterocycles. The second-order valence-electron chi connectivity index (χ2n) is 4.50. The van der Waals surface area contributed by atoms with E-state index in [0.29, 0.717) is 6.04 Å². The topological polar surface area (TPSA) is 12.0 Å². The predicted molar refractivity (Wildman–Crippen MR) is 96.1 cm³/mol. The Morgan fingerprint density at radius 2 is 2.00 bits per heavy atom. The Morgan fingerprint density at radius 3 is 2.53 bits per heavy atom. The zero-order valence-electron chi connectivity index (χ0n) is 11.0. The van der Waals surface area contributed by atoms with E-state index in [1.807, 2.05) is 0 Å². The van der Waals surface area contributed by atoms with Crippen LogP contribution in [-0.2, 0) is 0 Å². The molecule has 0 amide bonds. The Bertz CT molecular complexity index is 536. The first-order valence-corrected chi connectivity index (χ1v) is 9.05. The van der Waals surface area contributed by atoms with Crippen molar-refractivity contribution in [3.05, 3.63) is 53.7 Å². The molecular formula is C15H17BrINS. The fourth-order valence-electron chi connectivity index (χ4n) is 2.10. The average Bonchev–Trinajstić information content (AvgIpc) is 2.71. The van der Waals surface area contributed by atoms with Crippen LogP contribution in [0.2, 0.25) is 0 Å². The van der Waals surface area contributed by atoms with E-state index >= 15 is 0 Å². The summed E-state index contributed by atoms with van der Waals surface area (Å²) in [6.07, 6.45) is 1.14. The molecule has 19 heavy (non-hydrogen) atoms. The largest absolute Gasteiger partial charge is 0.306 e. The molecule has 102 valence electrons. The molecule has 2 rings (SSSR count). The highest BCUT2D eigenvalue weighted by atomic mass is 127. The van der Waals surface area contributed by atoms with Crippen LogP contribution in [0.15, 0.2) is 34.1 Å². The Kier molecular flexibility index (Phi) is 5.87. The van der Waals surface area contributed by atoms with Crippen LogP contribution in [0.4, 0.5) is 0 Å². The van der Waals surface area contributed by atoms with Crippen molar-refractivity contribution < 1.29 is 0 Å². The second kappa shape index (κ2) is 7.20. The van der Waals surface area contributed by atoms with Crippen molar-refractivity contribution in [3.8, 4) is 0 Å². The first-order chi connectivity index (χ1) is 9.11. The molecule has 1 atom stereocenters. The van der Waals surface area contributed by atoms with Gasteiger partial charge in [-0.25, -0.2) is 0 Å². The molecule has 0 radical (unpaired) electrons. The minimum absolute atomic E-state index is 0.291. The molecule has 4 heteroatoms. The van der Waals surface area contributed by atoms with Gasteiger partial charge in [0.2, 0.25) is 0 Å². The highest BCUT2D eigenvalue weighted by Crippen LogP contribution is 2.33. The first-order valence-electron chi connectivity index (χ1n) is 6.36. The number of aryl methyl sites for hydroxylation is 1. The van der Waals surface area contributed by atoms with Gasteiger partial charge >= 0.3 is 0 Å². The van der Waals surface area contributed by atoms with Gasteiger partial charge in [-0.2, -0.15) is 0 Å². The average molecular weight is 450 g/mol. The number of halogens is 2. The summed E-state index contributed by atoms with van der Waals surface area (Å²) in [6, 6.07) is 11.3. The van der Waals surface area contributed by atoms with Crippen molar-refractivity contribution in [3.63, 3.8) is 0 Å². The molecule has 0 aliphatic rings. The van der Waals surface area contributed by atoms with Crippen molar-refractivity contribution in [1.29, 1.82) is 0 Å². The number of hydrogen-bond acceptors (Lipinski definition) is 2. The minimum atomic E-state index is 0.291. The molecule has 0 aliphatic heterocycles. The molecule has 0 saturated carbocycles. The molecule has 2 aromatic rings. The van der Waals surface area contributed by atoms with Gasteiger partial charge in [0, 0.05) is 8.45 Å². The Hall–Kier alpha value is 0.0900. The molecule has 1 unspecified atom stereocenters. The van der Waals surface area contributed by atoms with Gasteiger partial charge in [0.05, 0.1) is 9.83 Å². The number of rotatable bonds is 5. The summed E-state index contributed by atoms with van der Waals surface area (Å²) in [5, 5.41) is 3.66. The lowest BCUT2D eigenvalue weighted by Gasteiger charge is -2.19. The summed E-state index contributed by atoms with van der Waals surface area (Å²) < 4.78 is 2.48. The Balaban J connectivity index is 2.35. The van der Waals surface area contributed by atoms with Gasteiger partial charge in [0.15, 0.2) is 0 Å². The van der Waals surface area contributed by atoms with Crippen LogP contribution in [0.25, 0.3) is 0 Å². The lowest BCUT2D eigenvalue weighted by molar-refractivity contribution is 0.598. The van der Waals surface area contributed by atoms with E-state index in [9.17, 15) is 0 Å². The Morgan fingerprint density at radius 1 is 1.32 bits per heavy atom. The molecule has 0 spiro atoms. The smallest absolute Gasteiger partial charge is 0.0704 e. The lowest BCUT2D eigenvalue weighted by Crippen LogP contribution is -2.23. The number of nitrogens with one attached hydrogen (secondary N) is 1. The molecule has 1 aromatic heterocycles. The van der Waals surface area contributed by atoms with Crippen LogP contribution in [0.3, 0.4) is 0 Å². The first kappa shape index (κ1) is 15.5. The fourth-order valence-corrected chi connectivity index (χ4v) is 4.20. The summed E-state index contributed by atoms with van der Waals surface area (Å²) >= 11 is 7.75. The highest BCUT2D eigenvalue weighted by Gasteiger charge is 2.17. The Labute approximate surface area is 141 Å². The van der Waals surface area contributed by atoms with Gasteiger partial charge in [-0.1, -0.05) is 19.1 Å². The van der Waals surface area contributed by atoms with E-state index in [1.54, 1.807) is 11.3 Å².